The van der Waals surface area contributed by atoms with Crippen LogP contribution in [0.2, 0.25) is 0 Å². The zero-order valence-corrected chi connectivity index (χ0v) is 14.3. The molecule has 0 unspecified atom stereocenters. The Morgan fingerprint density at radius 2 is 1.79 bits per heavy atom. The van der Waals surface area contributed by atoms with Crippen molar-refractivity contribution >= 4 is 12.1 Å². The minimum atomic E-state index is -2.60. The van der Waals surface area contributed by atoms with Crippen LogP contribution >= 0.6 is 0 Å². The summed E-state index contributed by atoms with van der Waals surface area (Å²) < 4.78 is 31.7. The highest BCUT2D eigenvalue weighted by molar-refractivity contribution is 5.81. The number of carboxylic acid groups (broad SMARTS) is 1. The fourth-order valence-corrected chi connectivity index (χ4v) is 3.25. The lowest BCUT2D eigenvalue weighted by atomic mass is 9.91. The highest BCUT2D eigenvalue weighted by Crippen LogP contribution is 2.33. The number of alkyl halides is 2. The second-order valence-electron chi connectivity index (χ2n) is 7.72. The van der Waals surface area contributed by atoms with Gasteiger partial charge in [-0.1, -0.05) is 0 Å². The van der Waals surface area contributed by atoms with E-state index in [4.69, 9.17) is 4.74 Å². The van der Waals surface area contributed by atoms with Gasteiger partial charge in [-0.3, -0.25) is 4.90 Å². The molecule has 0 aromatic heterocycles. The zero-order chi connectivity index (χ0) is 18.1. The maximum atomic E-state index is 13.2. The van der Waals surface area contributed by atoms with Gasteiger partial charge in [-0.2, -0.15) is 0 Å². The first-order valence-corrected chi connectivity index (χ1v) is 8.33. The van der Waals surface area contributed by atoms with E-state index in [0.29, 0.717) is 12.8 Å². The Kier molecular flexibility index (Phi) is 5.37. The molecule has 138 valence electrons. The number of ether oxygens (including phenoxy) is 1. The number of hydrogen-bond donors (Lipinski definition) is 2. The number of carbonyl (C=O) groups is 2. The Hall–Kier alpha value is -1.44. The lowest BCUT2D eigenvalue weighted by molar-refractivity contribution is -0.142. The number of halogens is 2. The Labute approximate surface area is 140 Å². The highest BCUT2D eigenvalue weighted by Gasteiger charge is 2.43. The van der Waals surface area contributed by atoms with Crippen LogP contribution in [0.5, 0.6) is 0 Å². The molecule has 2 aliphatic rings. The molecule has 24 heavy (non-hydrogen) atoms. The minimum absolute atomic E-state index is 0.0670. The van der Waals surface area contributed by atoms with Crippen molar-refractivity contribution in [2.24, 2.45) is 0 Å². The van der Waals surface area contributed by atoms with E-state index in [1.165, 1.54) is 4.90 Å². The summed E-state index contributed by atoms with van der Waals surface area (Å²) in [6.07, 6.45) is -0.0113. The lowest BCUT2D eigenvalue weighted by Crippen LogP contribution is -2.45. The fourth-order valence-electron chi connectivity index (χ4n) is 3.25. The number of hydrogen-bond acceptors (Lipinski definition) is 4. The van der Waals surface area contributed by atoms with Crippen molar-refractivity contribution < 1.29 is 28.2 Å². The Bertz CT molecular complexity index is 483. The molecular weight excluding hydrogens is 322 g/mol. The molecule has 0 spiro atoms. The Morgan fingerprint density at radius 3 is 2.29 bits per heavy atom. The average molecular weight is 348 g/mol. The van der Waals surface area contributed by atoms with Crippen LogP contribution in [-0.2, 0) is 9.53 Å². The summed E-state index contributed by atoms with van der Waals surface area (Å²) in [6, 6.07) is -1.25. The van der Waals surface area contributed by atoms with Gasteiger partial charge in [-0.05, 0) is 40.0 Å². The number of aliphatic carboxylic acids is 1. The summed E-state index contributed by atoms with van der Waals surface area (Å²) in [5.41, 5.74) is -0.708. The van der Waals surface area contributed by atoms with Gasteiger partial charge >= 0.3 is 12.1 Å². The number of carbonyl (C=O) groups excluding carboxylic acids is 1. The van der Waals surface area contributed by atoms with Crippen LogP contribution in [-0.4, -0.2) is 58.3 Å². The van der Waals surface area contributed by atoms with Crippen molar-refractivity contribution in [3.05, 3.63) is 0 Å². The number of amides is 1. The van der Waals surface area contributed by atoms with Crippen molar-refractivity contribution in [3.63, 3.8) is 0 Å². The number of carboxylic acids is 1. The van der Waals surface area contributed by atoms with Crippen molar-refractivity contribution in [1.29, 1.82) is 0 Å². The number of rotatable bonds is 3. The second kappa shape index (κ2) is 6.82. The third-order valence-corrected chi connectivity index (χ3v) is 4.40. The van der Waals surface area contributed by atoms with Crippen LogP contribution in [0.25, 0.3) is 0 Å². The van der Waals surface area contributed by atoms with Crippen LogP contribution in [0.1, 0.15) is 52.9 Å². The molecule has 0 bridgehead atoms. The van der Waals surface area contributed by atoms with Gasteiger partial charge in [0.25, 0.3) is 0 Å². The van der Waals surface area contributed by atoms with Crippen LogP contribution in [0.15, 0.2) is 0 Å². The van der Waals surface area contributed by atoms with E-state index in [9.17, 15) is 23.5 Å². The normalized spacial score (nSPS) is 28.0. The smallest absolute Gasteiger partial charge is 0.411 e. The number of nitrogens with one attached hydrogen (secondary N) is 1. The van der Waals surface area contributed by atoms with Gasteiger partial charge < -0.3 is 15.2 Å². The monoisotopic (exact) mass is 348 g/mol. The molecule has 2 N–H and O–H groups in total. The first kappa shape index (κ1) is 18.9. The first-order valence-electron chi connectivity index (χ1n) is 8.33. The minimum Gasteiger partial charge on any atom is -0.480 e. The van der Waals surface area contributed by atoms with Crippen molar-refractivity contribution in [2.75, 3.05) is 6.54 Å². The molecule has 1 saturated carbocycles. The van der Waals surface area contributed by atoms with E-state index in [2.05, 4.69) is 5.32 Å². The lowest BCUT2D eigenvalue weighted by Gasteiger charge is -2.31. The van der Waals surface area contributed by atoms with Crippen LogP contribution in [0.3, 0.4) is 0 Å². The number of likely N-dealkylation sites (tertiary alicyclic amines) is 1. The number of nitrogens with zero attached hydrogens (tertiary/aromatic N) is 1. The predicted octanol–water partition coefficient (Wildman–Crippen LogP) is 2.62. The zero-order valence-electron chi connectivity index (χ0n) is 14.3. The second-order valence-corrected chi connectivity index (χ2v) is 7.72. The Balaban J connectivity index is 1.94. The maximum absolute atomic E-state index is 13.2. The van der Waals surface area contributed by atoms with Crippen molar-refractivity contribution in [2.45, 2.75) is 82.5 Å². The van der Waals surface area contributed by atoms with E-state index in [-0.39, 0.29) is 37.9 Å². The first-order chi connectivity index (χ1) is 11.0. The molecule has 1 amide bonds. The van der Waals surface area contributed by atoms with Gasteiger partial charge in [0, 0.05) is 31.5 Å². The van der Waals surface area contributed by atoms with E-state index in [0.717, 1.165) is 0 Å². The topological polar surface area (TPSA) is 78.9 Å². The van der Waals surface area contributed by atoms with Gasteiger partial charge in [0.15, 0.2) is 0 Å². The van der Waals surface area contributed by atoms with Gasteiger partial charge in [0.2, 0.25) is 5.92 Å². The van der Waals surface area contributed by atoms with Gasteiger partial charge in [0.1, 0.15) is 11.6 Å². The summed E-state index contributed by atoms with van der Waals surface area (Å²) in [6.45, 7) is 5.36. The molecule has 0 aromatic rings. The van der Waals surface area contributed by atoms with Gasteiger partial charge in [-0.15, -0.1) is 0 Å². The molecule has 8 heteroatoms. The molecular formula is C16H26F2N2O4. The highest BCUT2D eigenvalue weighted by atomic mass is 19.3. The summed E-state index contributed by atoms with van der Waals surface area (Å²) in [5, 5.41) is 12.6. The summed E-state index contributed by atoms with van der Waals surface area (Å²) >= 11 is 0. The fraction of sp³-hybridized carbons (Fsp3) is 0.875. The standard InChI is InChI=1S/C16H26F2N2O4/c1-15(2,3)24-14(23)20-9-11(8-12(20)13(21)22)19-10-4-6-16(17,18)7-5-10/h10-12,19H,4-9H2,1-3H3,(H,21,22)/t11-,12-/m0/s1. The maximum Gasteiger partial charge on any atom is 0.411 e. The van der Waals surface area contributed by atoms with Crippen LogP contribution in [0.4, 0.5) is 13.6 Å². The van der Waals surface area contributed by atoms with E-state index < -0.39 is 29.6 Å². The molecule has 2 rings (SSSR count). The molecule has 1 heterocycles. The van der Waals surface area contributed by atoms with Gasteiger partial charge in [0.05, 0.1) is 0 Å². The van der Waals surface area contributed by atoms with Crippen LogP contribution < -0.4 is 5.32 Å². The van der Waals surface area contributed by atoms with Gasteiger partial charge in [-0.25, -0.2) is 18.4 Å². The summed E-state index contributed by atoms with van der Waals surface area (Å²) in [5.74, 6) is -3.68. The predicted molar refractivity (Wildman–Crippen MR) is 83.1 cm³/mol. The third-order valence-electron chi connectivity index (χ3n) is 4.40. The van der Waals surface area contributed by atoms with Crippen molar-refractivity contribution in [3.8, 4) is 0 Å². The average Bonchev–Trinajstić information content (AvgIpc) is 2.83. The molecule has 0 radical (unpaired) electrons. The molecule has 2 fully saturated rings. The summed E-state index contributed by atoms with van der Waals surface area (Å²) in [7, 11) is 0. The van der Waals surface area contributed by atoms with Crippen LogP contribution in [0, 0.1) is 0 Å². The third kappa shape index (κ3) is 5.03. The summed E-state index contributed by atoms with van der Waals surface area (Å²) in [4.78, 5) is 24.9. The van der Waals surface area contributed by atoms with Crippen molar-refractivity contribution in [1.82, 2.24) is 10.2 Å². The van der Waals surface area contributed by atoms with E-state index in [1.807, 2.05) is 0 Å². The molecule has 1 saturated heterocycles. The molecule has 0 aromatic carbocycles. The SMILES string of the molecule is CC(C)(C)OC(=O)N1C[C@@H](NC2CCC(F)(F)CC2)C[C@H]1C(=O)O. The quantitative estimate of drug-likeness (QED) is 0.820. The molecule has 6 nitrogen and oxygen atoms in total. The largest absolute Gasteiger partial charge is 0.480 e. The molecule has 1 aliphatic carbocycles. The molecule has 2 atom stereocenters. The molecule has 1 aliphatic heterocycles. The van der Waals surface area contributed by atoms with E-state index >= 15 is 0 Å². The Morgan fingerprint density at radius 1 is 1.21 bits per heavy atom. The van der Waals surface area contributed by atoms with E-state index in [1.54, 1.807) is 20.8 Å².